The number of nitrogens with one attached hydrogen (secondary N) is 2. The summed E-state index contributed by atoms with van der Waals surface area (Å²) in [6.07, 6.45) is 4.35. The summed E-state index contributed by atoms with van der Waals surface area (Å²) in [5.41, 5.74) is 0. The number of aryl methyl sites for hydroxylation is 1. The van der Waals surface area contributed by atoms with Crippen LogP contribution in [0.1, 0.15) is 37.8 Å². The fraction of sp³-hybridized carbons (Fsp3) is 0.526. The summed E-state index contributed by atoms with van der Waals surface area (Å²) < 4.78 is 21.5. The highest BCUT2D eigenvalue weighted by atomic mass is 127. The van der Waals surface area contributed by atoms with Gasteiger partial charge in [-0.1, -0.05) is 18.6 Å². The molecular weight excluding hydrogens is 474 g/mol. The van der Waals surface area contributed by atoms with Gasteiger partial charge >= 0.3 is 0 Å². The number of halogens is 2. The van der Waals surface area contributed by atoms with E-state index in [0.29, 0.717) is 19.0 Å². The van der Waals surface area contributed by atoms with Crippen molar-refractivity contribution >= 4 is 29.9 Å². The number of nitrogens with zero attached hydrogens (tertiary/aromatic N) is 4. The normalized spacial score (nSPS) is 15.0. The van der Waals surface area contributed by atoms with Crippen molar-refractivity contribution in [2.75, 3.05) is 13.6 Å². The van der Waals surface area contributed by atoms with Crippen molar-refractivity contribution in [3.63, 3.8) is 0 Å². The second kappa shape index (κ2) is 11.2. The van der Waals surface area contributed by atoms with Crippen molar-refractivity contribution in [3.05, 3.63) is 41.7 Å². The summed E-state index contributed by atoms with van der Waals surface area (Å²) in [6.45, 7) is 3.89. The molecule has 0 amide bonds. The zero-order valence-electron chi connectivity index (χ0n) is 16.3. The molecular formula is C19H28FIN6O. The molecule has 1 atom stereocenters. The van der Waals surface area contributed by atoms with Crippen molar-refractivity contribution < 1.29 is 9.13 Å². The second-order valence-electron chi connectivity index (χ2n) is 6.66. The van der Waals surface area contributed by atoms with E-state index in [1.807, 2.05) is 6.92 Å². The predicted molar refractivity (Wildman–Crippen MR) is 118 cm³/mol. The van der Waals surface area contributed by atoms with Gasteiger partial charge in [-0.15, -0.1) is 34.2 Å². The van der Waals surface area contributed by atoms with Gasteiger partial charge in [-0.2, -0.15) is 0 Å². The molecule has 154 valence electrons. The van der Waals surface area contributed by atoms with Crippen molar-refractivity contribution in [2.45, 2.75) is 51.8 Å². The Morgan fingerprint density at radius 3 is 2.86 bits per heavy atom. The molecule has 0 radical (unpaired) electrons. The average molecular weight is 502 g/mol. The average Bonchev–Trinajstić information content (AvgIpc) is 2.90. The van der Waals surface area contributed by atoms with E-state index in [9.17, 15) is 4.39 Å². The van der Waals surface area contributed by atoms with Gasteiger partial charge in [-0.3, -0.25) is 4.99 Å². The molecule has 0 saturated carbocycles. The molecule has 9 heteroatoms. The Morgan fingerprint density at radius 2 is 2.07 bits per heavy atom. The first-order chi connectivity index (χ1) is 13.2. The number of benzene rings is 1. The number of hydrogen-bond donors (Lipinski definition) is 2. The van der Waals surface area contributed by atoms with Crippen LogP contribution in [0.2, 0.25) is 0 Å². The number of hydrogen-bond acceptors (Lipinski definition) is 4. The largest absolute Gasteiger partial charge is 0.486 e. The first kappa shape index (κ1) is 22.4. The first-order valence-electron chi connectivity index (χ1n) is 9.44. The maximum absolute atomic E-state index is 13.7. The van der Waals surface area contributed by atoms with Crippen LogP contribution in [0, 0.1) is 5.82 Å². The molecule has 1 aliphatic heterocycles. The third-order valence-electron chi connectivity index (χ3n) is 4.55. The lowest BCUT2D eigenvalue weighted by molar-refractivity contribution is 0.214. The summed E-state index contributed by atoms with van der Waals surface area (Å²) in [5.74, 6) is 2.52. The molecule has 0 fully saturated rings. The van der Waals surface area contributed by atoms with Gasteiger partial charge in [0.25, 0.3) is 0 Å². The van der Waals surface area contributed by atoms with E-state index < -0.39 is 0 Å². The number of guanidine groups is 1. The Balaban J connectivity index is 0.00000280. The zero-order valence-corrected chi connectivity index (χ0v) is 18.7. The minimum Gasteiger partial charge on any atom is -0.486 e. The van der Waals surface area contributed by atoms with Gasteiger partial charge < -0.3 is 19.9 Å². The van der Waals surface area contributed by atoms with E-state index in [1.54, 1.807) is 25.2 Å². The highest BCUT2D eigenvalue weighted by Gasteiger charge is 2.15. The minimum atomic E-state index is -0.362. The Hall–Kier alpha value is -1.91. The third-order valence-corrected chi connectivity index (χ3v) is 4.55. The number of fused-ring (bicyclic) bond motifs is 1. The standard InChI is InChI=1S/C19H27FN6O.HI/c1-14(27-16-9-6-5-8-15(16)20)12-22-19(21-2)23-13-18-25-24-17-10-4-3-7-11-26(17)18;/h5-6,8-9,14H,3-4,7,10-13H2,1-2H3,(H2,21,22,23);1H. The summed E-state index contributed by atoms with van der Waals surface area (Å²) in [4.78, 5) is 4.22. The van der Waals surface area contributed by atoms with Crippen LogP contribution in [0.3, 0.4) is 0 Å². The number of aliphatic imine (C=N–C) groups is 1. The predicted octanol–water partition coefficient (Wildman–Crippen LogP) is 2.89. The Labute approximate surface area is 182 Å². The van der Waals surface area contributed by atoms with Gasteiger partial charge in [0.15, 0.2) is 23.4 Å². The van der Waals surface area contributed by atoms with E-state index in [1.165, 1.54) is 18.9 Å². The maximum Gasteiger partial charge on any atom is 0.191 e. The molecule has 0 bridgehead atoms. The molecule has 2 aromatic rings. The minimum absolute atomic E-state index is 0. The smallest absolute Gasteiger partial charge is 0.191 e. The monoisotopic (exact) mass is 502 g/mol. The van der Waals surface area contributed by atoms with Crippen LogP contribution in [0.15, 0.2) is 29.3 Å². The fourth-order valence-corrected chi connectivity index (χ4v) is 3.10. The van der Waals surface area contributed by atoms with Gasteiger partial charge in [-0.05, 0) is 31.9 Å². The molecule has 1 aromatic heterocycles. The fourth-order valence-electron chi connectivity index (χ4n) is 3.10. The van der Waals surface area contributed by atoms with Crippen LogP contribution in [-0.2, 0) is 19.5 Å². The Bertz CT molecular complexity index is 782. The molecule has 28 heavy (non-hydrogen) atoms. The SMILES string of the molecule is CN=C(NCc1nnc2n1CCCCC2)NCC(C)Oc1ccccc1F.I. The van der Waals surface area contributed by atoms with Crippen molar-refractivity contribution in [2.24, 2.45) is 4.99 Å². The maximum atomic E-state index is 13.7. The van der Waals surface area contributed by atoms with E-state index in [4.69, 9.17) is 4.74 Å². The van der Waals surface area contributed by atoms with Crippen LogP contribution in [0.25, 0.3) is 0 Å². The van der Waals surface area contributed by atoms with Crippen LogP contribution in [0.4, 0.5) is 4.39 Å². The summed E-state index contributed by atoms with van der Waals surface area (Å²) >= 11 is 0. The number of rotatable bonds is 6. The van der Waals surface area contributed by atoms with E-state index in [0.717, 1.165) is 31.0 Å². The lowest BCUT2D eigenvalue weighted by Gasteiger charge is -2.18. The second-order valence-corrected chi connectivity index (χ2v) is 6.66. The molecule has 2 heterocycles. The highest BCUT2D eigenvalue weighted by Crippen LogP contribution is 2.17. The lowest BCUT2D eigenvalue weighted by Crippen LogP contribution is -2.41. The van der Waals surface area contributed by atoms with Gasteiger partial charge in [0.2, 0.25) is 0 Å². The van der Waals surface area contributed by atoms with Gasteiger partial charge in [0.05, 0.1) is 13.1 Å². The highest BCUT2D eigenvalue weighted by molar-refractivity contribution is 14.0. The van der Waals surface area contributed by atoms with Gasteiger partial charge in [0, 0.05) is 20.0 Å². The van der Waals surface area contributed by atoms with E-state index >= 15 is 0 Å². The van der Waals surface area contributed by atoms with E-state index in [2.05, 4.69) is 30.4 Å². The molecule has 3 rings (SSSR count). The van der Waals surface area contributed by atoms with Crippen LogP contribution >= 0.6 is 24.0 Å². The number of aromatic nitrogens is 3. The third kappa shape index (κ3) is 6.05. The molecule has 0 saturated heterocycles. The topological polar surface area (TPSA) is 76.4 Å². The molecule has 0 spiro atoms. The van der Waals surface area contributed by atoms with Crippen LogP contribution in [0.5, 0.6) is 5.75 Å². The first-order valence-corrected chi connectivity index (χ1v) is 9.44. The molecule has 7 nitrogen and oxygen atoms in total. The quantitative estimate of drug-likeness (QED) is 0.361. The van der Waals surface area contributed by atoms with Crippen molar-refractivity contribution in [1.82, 2.24) is 25.4 Å². The van der Waals surface area contributed by atoms with Crippen molar-refractivity contribution in [1.29, 1.82) is 0 Å². The van der Waals surface area contributed by atoms with Gasteiger partial charge in [0.1, 0.15) is 11.9 Å². The molecule has 1 aliphatic rings. The molecule has 1 aromatic carbocycles. The number of ether oxygens (including phenoxy) is 1. The number of para-hydroxylation sites is 1. The zero-order chi connectivity index (χ0) is 19.1. The molecule has 1 unspecified atom stereocenters. The van der Waals surface area contributed by atoms with Gasteiger partial charge in [-0.25, -0.2) is 4.39 Å². The van der Waals surface area contributed by atoms with Crippen LogP contribution in [-0.4, -0.2) is 40.4 Å². The summed E-state index contributed by atoms with van der Waals surface area (Å²) in [5, 5.41) is 15.1. The molecule has 0 aliphatic carbocycles. The summed E-state index contributed by atoms with van der Waals surface area (Å²) in [6, 6.07) is 6.40. The Kier molecular flexibility index (Phi) is 8.94. The Morgan fingerprint density at radius 1 is 1.25 bits per heavy atom. The van der Waals surface area contributed by atoms with Crippen molar-refractivity contribution in [3.8, 4) is 5.75 Å². The molecule has 2 N–H and O–H groups in total. The van der Waals surface area contributed by atoms with E-state index in [-0.39, 0.29) is 41.6 Å². The summed E-state index contributed by atoms with van der Waals surface area (Å²) in [7, 11) is 1.71. The lowest BCUT2D eigenvalue weighted by atomic mass is 10.2. The van der Waals surface area contributed by atoms with Crippen LogP contribution < -0.4 is 15.4 Å².